The van der Waals surface area contributed by atoms with E-state index in [0.717, 1.165) is 12.1 Å². The lowest BCUT2D eigenvalue weighted by Crippen LogP contribution is -1.89. The zero-order valence-corrected chi connectivity index (χ0v) is 7.96. The van der Waals surface area contributed by atoms with Gasteiger partial charge in [-0.2, -0.15) is 0 Å². The molecule has 0 aliphatic rings. The zero-order chi connectivity index (χ0) is 8.97. The second kappa shape index (κ2) is 4.05. The summed E-state index contributed by atoms with van der Waals surface area (Å²) in [6, 6.07) is 2.20. The van der Waals surface area contributed by atoms with Crippen LogP contribution < -0.4 is 0 Å². The molecular weight excluding hydrogens is 146 g/mol. The summed E-state index contributed by atoms with van der Waals surface area (Å²) >= 11 is 0. The molecule has 0 atom stereocenters. The number of aromatic nitrogens is 1. The molecule has 0 saturated carbocycles. The molecule has 1 rings (SSSR count). The molecule has 0 spiro atoms. The van der Waals surface area contributed by atoms with Crippen LogP contribution in [0.1, 0.15) is 30.7 Å². The van der Waals surface area contributed by atoms with Gasteiger partial charge in [0.05, 0.1) is 5.69 Å². The normalized spacial score (nSPS) is 10.9. The van der Waals surface area contributed by atoms with Crippen LogP contribution in [0.25, 0.3) is 6.08 Å². The van der Waals surface area contributed by atoms with Gasteiger partial charge < -0.3 is 0 Å². The predicted molar refractivity (Wildman–Crippen MR) is 53.1 cm³/mol. The standard InChI is InChI=1S/C11H15N/c1-4-6-11-9(3)7-10(5-2)8-12-11/h4,6-8H,5H2,1-3H3/b6-4-. The maximum Gasteiger partial charge on any atom is 0.0655 e. The van der Waals surface area contributed by atoms with Crippen LogP contribution >= 0.6 is 0 Å². The van der Waals surface area contributed by atoms with Gasteiger partial charge in [0.15, 0.2) is 0 Å². The van der Waals surface area contributed by atoms with Crippen LogP contribution in [-0.2, 0) is 6.42 Å². The maximum atomic E-state index is 4.35. The highest BCUT2D eigenvalue weighted by Gasteiger charge is 1.96. The van der Waals surface area contributed by atoms with E-state index in [1.54, 1.807) is 0 Å². The van der Waals surface area contributed by atoms with Crippen molar-refractivity contribution >= 4 is 6.08 Å². The summed E-state index contributed by atoms with van der Waals surface area (Å²) in [4.78, 5) is 4.35. The summed E-state index contributed by atoms with van der Waals surface area (Å²) in [5.74, 6) is 0. The molecule has 0 unspecified atom stereocenters. The molecular formula is C11H15N. The Morgan fingerprint density at radius 2 is 2.25 bits per heavy atom. The Hall–Kier alpha value is -1.11. The van der Waals surface area contributed by atoms with E-state index in [9.17, 15) is 0 Å². The molecule has 0 aliphatic heterocycles. The fraction of sp³-hybridized carbons (Fsp3) is 0.364. The van der Waals surface area contributed by atoms with E-state index >= 15 is 0 Å². The molecule has 1 nitrogen and oxygen atoms in total. The lowest BCUT2D eigenvalue weighted by atomic mass is 10.1. The molecule has 0 amide bonds. The zero-order valence-electron chi connectivity index (χ0n) is 7.96. The van der Waals surface area contributed by atoms with Crippen molar-refractivity contribution in [2.45, 2.75) is 27.2 Å². The summed E-state index contributed by atoms with van der Waals surface area (Å²) in [6.07, 6.45) is 7.06. The van der Waals surface area contributed by atoms with E-state index in [-0.39, 0.29) is 0 Å². The molecule has 0 fully saturated rings. The Labute approximate surface area is 74.2 Å². The van der Waals surface area contributed by atoms with E-state index in [1.165, 1.54) is 11.1 Å². The number of pyridine rings is 1. The number of aryl methyl sites for hydroxylation is 2. The molecule has 0 aliphatic carbocycles. The average Bonchev–Trinajstić information content (AvgIpc) is 2.09. The summed E-state index contributed by atoms with van der Waals surface area (Å²) in [5.41, 5.74) is 3.64. The average molecular weight is 161 g/mol. The van der Waals surface area contributed by atoms with E-state index < -0.39 is 0 Å². The van der Waals surface area contributed by atoms with Gasteiger partial charge in [0, 0.05) is 6.20 Å². The Bertz CT molecular complexity index is 287. The summed E-state index contributed by atoms with van der Waals surface area (Å²) in [6.45, 7) is 6.25. The Kier molecular flexibility index (Phi) is 3.03. The first kappa shape index (κ1) is 8.98. The van der Waals surface area contributed by atoms with Crippen LogP contribution in [0.5, 0.6) is 0 Å². The van der Waals surface area contributed by atoms with Crippen molar-refractivity contribution in [3.05, 3.63) is 35.2 Å². The monoisotopic (exact) mass is 161 g/mol. The van der Waals surface area contributed by atoms with Gasteiger partial charge >= 0.3 is 0 Å². The van der Waals surface area contributed by atoms with Gasteiger partial charge in [0.25, 0.3) is 0 Å². The molecule has 0 bridgehead atoms. The topological polar surface area (TPSA) is 12.9 Å². The van der Waals surface area contributed by atoms with Gasteiger partial charge in [-0.15, -0.1) is 0 Å². The van der Waals surface area contributed by atoms with E-state index in [1.807, 2.05) is 25.3 Å². The number of hydrogen-bond acceptors (Lipinski definition) is 1. The second-order valence-electron chi connectivity index (χ2n) is 2.90. The molecule has 1 aromatic heterocycles. The van der Waals surface area contributed by atoms with Crippen molar-refractivity contribution in [2.24, 2.45) is 0 Å². The Morgan fingerprint density at radius 1 is 1.50 bits per heavy atom. The highest BCUT2D eigenvalue weighted by atomic mass is 14.7. The number of nitrogens with zero attached hydrogens (tertiary/aromatic N) is 1. The van der Waals surface area contributed by atoms with Gasteiger partial charge in [0.2, 0.25) is 0 Å². The molecule has 0 aromatic carbocycles. The number of allylic oxidation sites excluding steroid dienone is 1. The van der Waals surface area contributed by atoms with Crippen LogP contribution in [0.3, 0.4) is 0 Å². The summed E-state index contributed by atoms with van der Waals surface area (Å²) < 4.78 is 0. The van der Waals surface area contributed by atoms with Gasteiger partial charge in [-0.1, -0.05) is 19.1 Å². The summed E-state index contributed by atoms with van der Waals surface area (Å²) in [7, 11) is 0. The first-order chi connectivity index (χ1) is 5.77. The van der Waals surface area contributed by atoms with Crippen molar-refractivity contribution < 1.29 is 0 Å². The third kappa shape index (κ3) is 1.94. The van der Waals surface area contributed by atoms with E-state index in [2.05, 4.69) is 24.9 Å². The SMILES string of the molecule is C/C=C\c1ncc(CC)cc1C. The fourth-order valence-electron chi connectivity index (χ4n) is 1.17. The van der Waals surface area contributed by atoms with E-state index in [0.29, 0.717) is 0 Å². The number of hydrogen-bond donors (Lipinski definition) is 0. The van der Waals surface area contributed by atoms with Crippen LogP contribution in [-0.4, -0.2) is 4.98 Å². The molecule has 64 valence electrons. The van der Waals surface area contributed by atoms with Crippen LogP contribution in [0.15, 0.2) is 18.3 Å². The smallest absolute Gasteiger partial charge is 0.0655 e. The van der Waals surface area contributed by atoms with Crippen molar-refractivity contribution in [3.63, 3.8) is 0 Å². The quantitative estimate of drug-likeness (QED) is 0.649. The summed E-state index contributed by atoms with van der Waals surface area (Å²) in [5, 5.41) is 0. The Morgan fingerprint density at radius 3 is 2.75 bits per heavy atom. The van der Waals surface area contributed by atoms with Crippen LogP contribution in [0, 0.1) is 6.92 Å². The van der Waals surface area contributed by atoms with Crippen molar-refractivity contribution in [3.8, 4) is 0 Å². The van der Waals surface area contributed by atoms with Crippen molar-refractivity contribution in [1.29, 1.82) is 0 Å². The fourth-order valence-corrected chi connectivity index (χ4v) is 1.17. The maximum absolute atomic E-state index is 4.35. The van der Waals surface area contributed by atoms with Gasteiger partial charge in [-0.25, -0.2) is 0 Å². The molecule has 0 radical (unpaired) electrons. The second-order valence-corrected chi connectivity index (χ2v) is 2.90. The largest absolute Gasteiger partial charge is 0.256 e. The minimum absolute atomic E-state index is 1.06. The van der Waals surface area contributed by atoms with E-state index in [4.69, 9.17) is 0 Å². The third-order valence-electron chi connectivity index (χ3n) is 1.91. The lowest BCUT2D eigenvalue weighted by molar-refractivity contribution is 1.08. The Balaban J connectivity index is 3.03. The van der Waals surface area contributed by atoms with Gasteiger partial charge in [-0.05, 0) is 37.5 Å². The van der Waals surface area contributed by atoms with Gasteiger partial charge in [-0.3, -0.25) is 4.98 Å². The van der Waals surface area contributed by atoms with Gasteiger partial charge in [0.1, 0.15) is 0 Å². The first-order valence-corrected chi connectivity index (χ1v) is 4.36. The third-order valence-corrected chi connectivity index (χ3v) is 1.91. The molecule has 12 heavy (non-hydrogen) atoms. The number of rotatable bonds is 2. The minimum Gasteiger partial charge on any atom is -0.256 e. The molecule has 1 aromatic rings. The highest BCUT2D eigenvalue weighted by Crippen LogP contribution is 2.09. The molecule has 0 N–H and O–H groups in total. The first-order valence-electron chi connectivity index (χ1n) is 4.36. The van der Waals surface area contributed by atoms with Crippen molar-refractivity contribution in [1.82, 2.24) is 4.98 Å². The van der Waals surface area contributed by atoms with Crippen LogP contribution in [0.4, 0.5) is 0 Å². The molecule has 0 saturated heterocycles. The van der Waals surface area contributed by atoms with Crippen molar-refractivity contribution in [2.75, 3.05) is 0 Å². The highest BCUT2D eigenvalue weighted by molar-refractivity contribution is 5.48. The minimum atomic E-state index is 1.06. The lowest BCUT2D eigenvalue weighted by Gasteiger charge is -2.01. The molecule has 1 heterocycles. The van der Waals surface area contributed by atoms with Crippen LogP contribution in [0.2, 0.25) is 0 Å². The predicted octanol–water partition coefficient (Wildman–Crippen LogP) is 2.99. The molecule has 1 heteroatoms.